The van der Waals surface area contributed by atoms with Crippen LogP contribution in [0.3, 0.4) is 0 Å². The number of aliphatic carboxylic acids is 1. The number of ketones is 1. The second-order valence-corrected chi connectivity index (χ2v) is 5.01. The van der Waals surface area contributed by atoms with E-state index in [1.165, 1.54) is 0 Å². The molecule has 1 aliphatic rings. The molecule has 1 aromatic carbocycles. The molecule has 0 bridgehead atoms. The van der Waals surface area contributed by atoms with Crippen molar-refractivity contribution in [2.45, 2.75) is 37.5 Å². The van der Waals surface area contributed by atoms with Gasteiger partial charge in [-0.05, 0) is 37.0 Å². The third-order valence-corrected chi connectivity index (χ3v) is 3.94. The number of benzene rings is 1. The second kappa shape index (κ2) is 5.43. The summed E-state index contributed by atoms with van der Waals surface area (Å²) in [5.74, 6) is 0.0259. The Kier molecular flexibility index (Phi) is 3.88. The number of ether oxygens (including phenoxy) is 1. The van der Waals surface area contributed by atoms with Crippen molar-refractivity contribution in [2.24, 2.45) is 0 Å². The molecule has 102 valence electrons. The van der Waals surface area contributed by atoms with E-state index in [1.807, 2.05) is 0 Å². The summed E-state index contributed by atoms with van der Waals surface area (Å²) in [6, 6.07) is 7.13. The Labute approximate surface area is 112 Å². The van der Waals surface area contributed by atoms with Crippen molar-refractivity contribution in [1.82, 2.24) is 0 Å². The monoisotopic (exact) mass is 262 g/mol. The van der Waals surface area contributed by atoms with Crippen molar-refractivity contribution in [1.29, 1.82) is 0 Å². The van der Waals surface area contributed by atoms with E-state index in [0.29, 0.717) is 37.9 Å². The lowest BCUT2D eigenvalue weighted by Crippen LogP contribution is -2.35. The molecular formula is C15H18O4. The molecule has 19 heavy (non-hydrogen) atoms. The zero-order valence-electron chi connectivity index (χ0n) is 11.0. The minimum absolute atomic E-state index is 0.164. The molecule has 0 heterocycles. The highest BCUT2D eigenvalue weighted by Crippen LogP contribution is 2.38. The maximum absolute atomic E-state index is 11.7. The molecular weight excluding hydrogens is 244 g/mol. The van der Waals surface area contributed by atoms with Crippen LogP contribution in [0, 0.1) is 0 Å². The first-order chi connectivity index (χ1) is 9.08. The number of hydrogen-bond acceptors (Lipinski definition) is 3. The number of carbonyl (C=O) groups is 2. The van der Waals surface area contributed by atoms with E-state index in [-0.39, 0.29) is 5.78 Å². The second-order valence-electron chi connectivity index (χ2n) is 5.01. The lowest BCUT2D eigenvalue weighted by Gasteiger charge is -2.28. The van der Waals surface area contributed by atoms with E-state index in [1.54, 1.807) is 31.4 Å². The van der Waals surface area contributed by atoms with Crippen LogP contribution in [0.25, 0.3) is 0 Å². The normalized spacial score (nSPS) is 23.7. The van der Waals surface area contributed by atoms with Crippen LogP contribution in [0.2, 0.25) is 0 Å². The summed E-state index contributed by atoms with van der Waals surface area (Å²) in [6.07, 6.45) is 2.37. The van der Waals surface area contributed by atoms with Crippen LogP contribution in [0.4, 0.5) is 0 Å². The summed E-state index contributed by atoms with van der Waals surface area (Å²) in [6.45, 7) is 0. The van der Waals surface area contributed by atoms with Crippen LogP contribution >= 0.6 is 0 Å². The van der Waals surface area contributed by atoms with Gasteiger partial charge in [0.25, 0.3) is 0 Å². The van der Waals surface area contributed by atoms with Crippen molar-refractivity contribution < 1.29 is 19.4 Å². The molecule has 1 fully saturated rings. The minimum Gasteiger partial charge on any atom is -0.497 e. The Morgan fingerprint density at radius 2 is 1.89 bits per heavy atom. The first-order valence-corrected chi connectivity index (χ1v) is 6.48. The Morgan fingerprint density at radius 1 is 1.21 bits per heavy atom. The first-order valence-electron chi connectivity index (χ1n) is 6.48. The molecule has 0 aromatic heterocycles. The molecule has 0 aliphatic heterocycles. The van der Waals surface area contributed by atoms with Gasteiger partial charge >= 0.3 is 5.97 Å². The number of Topliss-reactive ketones (excluding diaryl/α,β-unsaturated/α-hetero) is 1. The summed E-state index contributed by atoms with van der Waals surface area (Å²) < 4.78 is 5.09. The minimum atomic E-state index is -0.932. The molecule has 0 radical (unpaired) electrons. The number of methoxy groups -OCH3 is 1. The van der Waals surface area contributed by atoms with E-state index in [9.17, 15) is 14.7 Å². The average Bonchev–Trinajstić information content (AvgIpc) is 2.62. The Balaban J connectivity index is 2.37. The largest absolute Gasteiger partial charge is 0.497 e. The molecule has 0 saturated heterocycles. The molecule has 2 rings (SSSR count). The van der Waals surface area contributed by atoms with Crippen LogP contribution < -0.4 is 4.74 Å². The average molecular weight is 262 g/mol. The standard InChI is InChI=1S/C15H18O4/c1-19-13-6-4-11(5-7-13)15(14(17)18)9-2-3-12(16)8-10-15/h4-7H,2-3,8-10H2,1H3,(H,17,18). The Hall–Kier alpha value is -1.84. The van der Waals surface area contributed by atoms with Gasteiger partial charge < -0.3 is 9.84 Å². The number of rotatable bonds is 3. The molecule has 0 spiro atoms. The van der Waals surface area contributed by atoms with Gasteiger partial charge in [0.15, 0.2) is 0 Å². The van der Waals surface area contributed by atoms with Crippen LogP contribution in [0.15, 0.2) is 24.3 Å². The first kappa shape index (κ1) is 13.6. The van der Waals surface area contributed by atoms with Gasteiger partial charge in [-0.2, -0.15) is 0 Å². The Morgan fingerprint density at radius 3 is 2.47 bits per heavy atom. The van der Waals surface area contributed by atoms with Crippen molar-refractivity contribution in [3.05, 3.63) is 29.8 Å². The fourth-order valence-electron chi connectivity index (χ4n) is 2.73. The smallest absolute Gasteiger partial charge is 0.314 e. The number of hydrogen-bond donors (Lipinski definition) is 1. The number of carboxylic acids is 1. The lowest BCUT2D eigenvalue weighted by molar-refractivity contribution is -0.144. The van der Waals surface area contributed by atoms with E-state index < -0.39 is 11.4 Å². The van der Waals surface area contributed by atoms with Gasteiger partial charge in [0, 0.05) is 12.8 Å². The van der Waals surface area contributed by atoms with Crippen LogP contribution in [-0.2, 0) is 15.0 Å². The third kappa shape index (κ3) is 2.62. The van der Waals surface area contributed by atoms with Crippen molar-refractivity contribution in [2.75, 3.05) is 7.11 Å². The molecule has 1 atom stereocenters. The zero-order chi connectivity index (χ0) is 13.9. The number of carboxylic acid groups (broad SMARTS) is 1. The molecule has 1 N–H and O–H groups in total. The molecule has 4 nitrogen and oxygen atoms in total. The fraction of sp³-hybridized carbons (Fsp3) is 0.467. The van der Waals surface area contributed by atoms with Gasteiger partial charge in [0.1, 0.15) is 11.5 Å². The highest BCUT2D eigenvalue weighted by atomic mass is 16.5. The topological polar surface area (TPSA) is 63.6 Å². The quantitative estimate of drug-likeness (QED) is 0.850. The summed E-state index contributed by atoms with van der Waals surface area (Å²) >= 11 is 0. The summed E-state index contributed by atoms with van der Waals surface area (Å²) in [5, 5.41) is 9.64. The summed E-state index contributed by atoms with van der Waals surface area (Å²) in [7, 11) is 1.58. The van der Waals surface area contributed by atoms with Gasteiger partial charge in [-0.1, -0.05) is 12.1 Å². The molecule has 1 aromatic rings. The van der Waals surface area contributed by atoms with Gasteiger partial charge in [-0.3, -0.25) is 9.59 Å². The Bertz CT molecular complexity index is 477. The van der Waals surface area contributed by atoms with Crippen molar-refractivity contribution in [3.8, 4) is 5.75 Å². The fourth-order valence-corrected chi connectivity index (χ4v) is 2.73. The van der Waals surface area contributed by atoms with E-state index in [2.05, 4.69) is 0 Å². The molecule has 0 amide bonds. The summed E-state index contributed by atoms with van der Waals surface area (Å²) in [4.78, 5) is 23.3. The SMILES string of the molecule is COc1ccc(C2(C(=O)O)CCCC(=O)CC2)cc1. The van der Waals surface area contributed by atoms with Crippen molar-refractivity contribution >= 4 is 11.8 Å². The van der Waals surface area contributed by atoms with Gasteiger partial charge in [-0.15, -0.1) is 0 Å². The van der Waals surface area contributed by atoms with Crippen LogP contribution in [0.5, 0.6) is 5.75 Å². The van der Waals surface area contributed by atoms with Crippen LogP contribution in [-0.4, -0.2) is 24.0 Å². The van der Waals surface area contributed by atoms with Crippen molar-refractivity contribution in [3.63, 3.8) is 0 Å². The maximum atomic E-state index is 11.7. The zero-order valence-corrected chi connectivity index (χ0v) is 11.0. The van der Waals surface area contributed by atoms with Gasteiger partial charge in [-0.25, -0.2) is 0 Å². The predicted molar refractivity (Wildman–Crippen MR) is 70.4 cm³/mol. The molecule has 1 unspecified atom stereocenters. The van der Waals surface area contributed by atoms with E-state index in [0.717, 1.165) is 5.56 Å². The van der Waals surface area contributed by atoms with E-state index in [4.69, 9.17) is 4.74 Å². The van der Waals surface area contributed by atoms with Gasteiger partial charge in [0.2, 0.25) is 0 Å². The third-order valence-electron chi connectivity index (χ3n) is 3.94. The molecule has 4 heteroatoms. The lowest BCUT2D eigenvalue weighted by atomic mass is 9.74. The highest BCUT2D eigenvalue weighted by Gasteiger charge is 2.41. The highest BCUT2D eigenvalue weighted by molar-refractivity contribution is 5.85. The van der Waals surface area contributed by atoms with E-state index >= 15 is 0 Å². The van der Waals surface area contributed by atoms with Gasteiger partial charge in [0.05, 0.1) is 12.5 Å². The van der Waals surface area contributed by atoms with Crippen LogP contribution in [0.1, 0.15) is 37.7 Å². The predicted octanol–water partition coefficient (Wildman–Crippen LogP) is 2.55. The molecule has 1 aliphatic carbocycles. The number of carbonyl (C=O) groups excluding carboxylic acids is 1. The maximum Gasteiger partial charge on any atom is 0.314 e. The summed E-state index contributed by atoms with van der Waals surface area (Å²) in [5.41, 5.74) is -0.172. The molecule has 1 saturated carbocycles.